The van der Waals surface area contributed by atoms with E-state index in [1.807, 2.05) is 6.07 Å². The summed E-state index contributed by atoms with van der Waals surface area (Å²) < 4.78 is 27.3. The van der Waals surface area contributed by atoms with Gasteiger partial charge in [-0.05, 0) is 29.7 Å². The quantitative estimate of drug-likeness (QED) is 0.845. The lowest BCUT2D eigenvalue weighted by Gasteiger charge is -2.08. The molecule has 0 aromatic heterocycles. The van der Waals surface area contributed by atoms with Gasteiger partial charge in [0.15, 0.2) is 11.6 Å². The number of nitrogens with two attached hydrogens (primary N) is 1. The SMILES string of the molecule is NOCCc1cc(F)c(F)c(-c2ccccc2)c1. The molecule has 2 N–H and O–H groups in total. The normalized spacial score (nSPS) is 10.6. The average molecular weight is 249 g/mol. The topological polar surface area (TPSA) is 35.2 Å². The van der Waals surface area contributed by atoms with Crippen LogP contribution in [0.5, 0.6) is 0 Å². The van der Waals surface area contributed by atoms with Crippen molar-refractivity contribution < 1.29 is 13.6 Å². The molecule has 2 nitrogen and oxygen atoms in total. The Balaban J connectivity index is 2.43. The van der Waals surface area contributed by atoms with Crippen LogP contribution >= 0.6 is 0 Å². The van der Waals surface area contributed by atoms with E-state index in [-0.39, 0.29) is 12.2 Å². The van der Waals surface area contributed by atoms with Crippen LogP contribution in [0.15, 0.2) is 42.5 Å². The summed E-state index contributed by atoms with van der Waals surface area (Å²) >= 11 is 0. The first-order chi connectivity index (χ1) is 8.72. The molecule has 94 valence electrons. The number of hydrogen-bond donors (Lipinski definition) is 1. The zero-order valence-electron chi connectivity index (χ0n) is 9.70. The highest BCUT2D eigenvalue weighted by atomic mass is 19.2. The van der Waals surface area contributed by atoms with Crippen LogP contribution < -0.4 is 5.90 Å². The fourth-order valence-electron chi connectivity index (χ4n) is 1.79. The summed E-state index contributed by atoms with van der Waals surface area (Å²) in [6.07, 6.45) is 0.438. The fraction of sp³-hybridized carbons (Fsp3) is 0.143. The van der Waals surface area contributed by atoms with Crippen LogP contribution in [0.1, 0.15) is 5.56 Å². The molecule has 0 atom stereocenters. The lowest BCUT2D eigenvalue weighted by atomic mass is 10.0. The maximum absolute atomic E-state index is 13.8. The molecule has 0 fully saturated rings. The van der Waals surface area contributed by atoms with E-state index in [9.17, 15) is 8.78 Å². The highest BCUT2D eigenvalue weighted by Crippen LogP contribution is 2.26. The molecule has 0 spiro atoms. The molecule has 0 unspecified atom stereocenters. The molecule has 0 heterocycles. The van der Waals surface area contributed by atoms with Gasteiger partial charge < -0.3 is 4.84 Å². The molecule has 0 bridgehead atoms. The van der Waals surface area contributed by atoms with Crippen LogP contribution in [0, 0.1) is 11.6 Å². The maximum Gasteiger partial charge on any atom is 0.166 e. The Morgan fingerprint density at radius 1 is 1.06 bits per heavy atom. The summed E-state index contributed by atoms with van der Waals surface area (Å²) in [4.78, 5) is 4.45. The molecule has 2 aromatic carbocycles. The van der Waals surface area contributed by atoms with Crippen molar-refractivity contribution in [3.05, 3.63) is 59.7 Å². The summed E-state index contributed by atoms with van der Waals surface area (Å²) in [6, 6.07) is 11.6. The van der Waals surface area contributed by atoms with Crippen molar-refractivity contribution in [1.29, 1.82) is 0 Å². The van der Waals surface area contributed by atoms with Gasteiger partial charge in [-0.2, -0.15) is 0 Å². The summed E-state index contributed by atoms with van der Waals surface area (Å²) in [6.45, 7) is 0.263. The van der Waals surface area contributed by atoms with Gasteiger partial charge in [0.25, 0.3) is 0 Å². The van der Waals surface area contributed by atoms with Crippen molar-refractivity contribution in [2.75, 3.05) is 6.61 Å². The Bertz CT molecular complexity index is 529. The minimum absolute atomic E-state index is 0.252. The van der Waals surface area contributed by atoms with Gasteiger partial charge >= 0.3 is 0 Å². The van der Waals surface area contributed by atoms with Gasteiger partial charge in [0.05, 0.1) is 6.61 Å². The van der Waals surface area contributed by atoms with E-state index in [0.717, 1.165) is 0 Å². The Morgan fingerprint density at radius 3 is 2.44 bits per heavy atom. The third kappa shape index (κ3) is 2.72. The average Bonchev–Trinajstić information content (AvgIpc) is 2.41. The highest BCUT2D eigenvalue weighted by Gasteiger charge is 2.12. The first-order valence-corrected chi connectivity index (χ1v) is 5.57. The molecule has 0 amide bonds. The molecular formula is C14H13F2NO. The van der Waals surface area contributed by atoms with Gasteiger partial charge in [-0.15, -0.1) is 0 Å². The summed E-state index contributed by atoms with van der Waals surface area (Å²) in [5.41, 5.74) is 1.55. The van der Waals surface area contributed by atoms with Crippen molar-refractivity contribution in [2.45, 2.75) is 6.42 Å². The number of rotatable bonds is 4. The molecule has 0 aliphatic carbocycles. The Labute approximate surface area is 104 Å². The summed E-state index contributed by atoms with van der Waals surface area (Å²) in [7, 11) is 0. The third-order valence-electron chi connectivity index (χ3n) is 2.68. The first-order valence-electron chi connectivity index (χ1n) is 5.57. The molecule has 2 rings (SSSR count). The standard InChI is InChI=1S/C14H13F2NO/c15-13-9-10(6-7-18-17)8-12(14(13)16)11-4-2-1-3-5-11/h1-5,8-9H,6-7,17H2. The minimum atomic E-state index is -0.858. The van der Waals surface area contributed by atoms with Gasteiger partial charge in [-0.25, -0.2) is 14.7 Å². The largest absolute Gasteiger partial charge is 0.304 e. The first kappa shape index (κ1) is 12.7. The Morgan fingerprint density at radius 2 is 1.78 bits per heavy atom. The summed E-state index contributed by atoms with van der Waals surface area (Å²) in [5, 5.41) is 0. The van der Waals surface area contributed by atoms with Crippen molar-refractivity contribution in [3.8, 4) is 11.1 Å². The smallest absolute Gasteiger partial charge is 0.166 e. The molecule has 0 aliphatic rings. The van der Waals surface area contributed by atoms with Gasteiger partial charge in [0.1, 0.15) is 0 Å². The second-order valence-electron chi connectivity index (χ2n) is 3.93. The van der Waals surface area contributed by atoms with E-state index < -0.39 is 11.6 Å². The highest BCUT2D eigenvalue weighted by molar-refractivity contribution is 5.65. The van der Waals surface area contributed by atoms with Crippen LogP contribution in [0.4, 0.5) is 8.78 Å². The van der Waals surface area contributed by atoms with Crippen LogP contribution in [-0.4, -0.2) is 6.61 Å². The predicted octanol–water partition coefficient (Wildman–Crippen LogP) is 3.06. The molecule has 0 saturated carbocycles. The number of benzene rings is 2. The lowest BCUT2D eigenvalue weighted by Crippen LogP contribution is -2.04. The van der Waals surface area contributed by atoms with Crippen LogP contribution in [0.2, 0.25) is 0 Å². The van der Waals surface area contributed by atoms with Crippen LogP contribution in [-0.2, 0) is 11.3 Å². The molecule has 0 radical (unpaired) electrons. The van der Waals surface area contributed by atoms with E-state index in [1.54, 1.807) is 30.3 Å². The lowest BCUT2D eigenvalue weighted by molar-refractivity contribution is 0.141. The minimum Gasteiger partial charge on any atom is -0.304 e. The van der Waals surface area contributed by atoms with Gasteiger partial charge in [0.2, 0.25) is 0 Å². The second kappa shape index (κ2) is 5.71. The van der Waals surface area contributed by atoms with Gasteiger partial charge in [-0.1, -0.05) is 30.3 Å². The summed E-state index contributed by atoms with van der Waals surface area (Å²) in [5.74, 6) is 3.23. The Hall–Kier alpha value is -1.78. The van der Waals surface area contributed by atoms with Crippen molar-refractivity contribution in [2.24, 2.45) is 5.90 Å². The van der Waals surface area contributed by atoms with Crippen molar-refractivity contribution >= 4 is 0 Å². The van der Waals surface area contributed by atoms with E-state index in [0.29, 0.717) is 17.5 Å². The monoisotopic (exact) mass is 249 g/mol. The Kier molecular flexibility index (Phi) is 4.02. The molecule has 4 heteroatoms. The number of hydrogen-bond acceptors (Lipinski definition) is 2. The molecule has 0 aliphatic heterocycles. The second-order valence-corrected chi connectivity index (χ2v) is 3.93. The van der Waals surface area contributed by atoms with Crippen molar-refractivity contribution in [3.63, 3.8) is 0 Å². The predicted molar refractivity (Wildman–Crippen MR) is 65.6 cm³/mol. The zero-order valence-corrected chi connectivity index (χ0v) is 9.70. The van der Waals surface area contributed by atoms with E-state index in [2.05, 4.69) is 4.84 Å². The van der Waals surface area contributed by atoms with E-state index >= 15 is 0 Å². The van der Waals surface area contributed by atoms with Gasteiger partial charge in [-0.3, -0.25) is 0 Å². The third-order valence-corrected chi connectivity index (χ3v) is 2.68. The molecule has 18 heavy (non-hydrogen) atoms. The number of halogens is 2. The van der Waals surface area contributed by atoms with E-state index in [1.165, 1.54) is 6.07 Å². The van der Waals surface area contributed by atoms with Crippen molar-refractivity contribution in [1.82, 2.24) is 0 Å². The zero-order chi connectivity index (χ0) is 13.0. The maximum atomic E-state index is 13.8. The molecular weight excluding hydrogens is 236 g/mol. The van der Waals surface area contributed by atoms with Crippen LogP contribution in [0.25, 0.3) is 11.1 Å². The van der Waals surface area contributed by atoms with E-state index in [4.69, 9.17) is 5.90 Å². The fourth-order valence-corrected chi connectivity index (χ4v) is 1.79. The molecule has 0 saturated heterocycles. The molecule has 2 aromatic rings. The van der Waals surface area contributed by atoms with Crippen LogP contribution in [0.3, 0.4) is 0 Å². The van der Waals surface area contributed by atoms with Gasteiger partial charge in [0, 0.05) is 5.56 Å².